The van der Waals surface area contributed by atoms with E-state index in [0.29, 0.717) is 0 Å². The van der Waals surface area contributed by atoms with Crippen molar-refractivity contribution in [2.75, 3.05) is 0 Å². The van der Waals surface area contributed by atoms with Gasteiger partial charge in [0, 0.05) is 34.6 Å². The zero-order valence-corrected chi connectivity index (χ0v) is 21.0. The van der Waals surface area contributed by atoms with Crippen LogP contribution in [0.1, 0.15) is 55.4 Å². The Balaban J connectivity index is 2.54. The van der Waals surface area contributed by atoms with Gasteiger partial charge in [-0.25, -0.2) is 0 Å². The molecule has 0 aliphatic rings. The molecule has 0 spiro atoms. The van der Waals surface area contributed by atoms with Crippen LogP contribution in [-0.2, 0) is 4.12 Å². The molecule has 2 aromatic rings. The Morgan fingerprint density at radius 3 is 1.21 bits per heavy atom. The Labute approximate surface area is 178 Å². The number of pyridine rings is 2. The summed E-state index contributed by atoms with van der Waals surface area (Å²) < 4.78 is 20.7. The fourth-order valence-electron chi connectivity index (χ4n) is 3.75. The molecule has 0 radical (unpaired) electrons. The number of aromatic nitrogens is 2. The third kappa shape index (κ3) is 5.26. The van der Waals surface area contributed by atoms with Gasteiger partial charge in [0.15, 0.2) is 0 Å². The Hall–Kier alpha value is -1.71. The maximum atomic E-state index is 7.26. The average Bonchev–Trinajstić information content (AvgIpc) is 2.67. The van der Waals surface area contributed by atoms with Gasteiger partial charge in [-0.3, -0.25) is 9.97 Å². The van der Waals surface area contributed by atoms with Crippen LogP contribution in [0.15, 0.2) is 49.1 Å². The molecule has 0 unspecified atom stereocenters. The number of hydrogen-bond donors (Lipinski definition) is 0. The predicted octanol–water partition coefficient (Wildman–Crippen LogP) is 6.48. The van der Waals surface area contributed by atoms with Crippen LogP contribution >= 0.6 is 0 Å². The Morgan fingerprint density at radius 2 is 0.966 bits per heavy atom. The lowest BCUT2D eigenvalue weighted by Gasteiger charge is -2.47. The van der Waals surface area contributed by atoms with E-state index in [4.69, 9.17) is 13.0 Å². The van der Waals surface area contributed by atoms with E-state index in [9.17, 15) is 0 Å². The van der Waals surface area contributed by atoms with Gasteiger partial charge in [0.2, 0.25) is 0 Å². The number of rotatable bonds is 10. The van der Waals surface area contributed by atoms with Gasteiger partial charge in [0.05, 0.1) is 12.4 Å². The lowest BCUT2D eigenvalue weighted by atomic mass is 10.5. The minimum absolute atomic E-state index is 0.240. The lowest BCUT2D eigenvalue weighted by molar-refractivity contribution is 0.274. The van der Waals surface area contributed by atoms with Crippen LogP contribution in [0.3, 0.4) is 0 Å². The first kappa shape index (κ1) is 23.6. The molecule has 2 rings (SSSR count). The molecule has 0 fully saturated rings. The first-order chi connectivity index (χ1) is 13.6. The van der Waals surface area contributed by atoms with Crippen LogP contribution in [0.2, 0.25) is 22.2 Å². The van der Waals surface area contributed by atoms with Crippen molar-refractivity contribution >= 4 is 17.1 Å². The van der Waals surface area contributed by atoms with Crippen molar-refractivity contribution in [3.63, 3.8) is 0 Å². The molecule has 0 aliphatic carbocycles. The predicted molar refractivity (Wildman–Crippen MR) is 123 cm³/mol. The molecule has 2 aromatic heterocycles. The largest absolute Gasteiger partial charge is 0.519 e. The van der Waals surface area contributed by atoms with Gasteiger partial charge in [-0.1, -0.05) is 55.4 Å². The van der Waals surface area contributed by atoms with Gasteiger partial charge < -0.3 is 13.0 Å². The quantitative estimate of drug-likeness (QED) is 0.402. The van der Waals surface area contributed by atoms with Crippen LogP contribution in [0.25, 0.3) is 0 Å². The van der Waals surface area contributed by atoms with E-state index in [1.807, 2.05) is 24.3 Å². The zero-order chi connectivity index (χ0) is 21.7. The van der Waals surface area contributed by atoms with Gasteiger partial charge in [-0.2, -0.15) is 0 Å². The molecule has 7 heteroatoms. The Morgan fingerprint density at radius 1 is 0.621 bits per heavy atom. The SMILES string of the molecule is CC(C)[Si](Oc1cccnc1)(O[Si](Oc1cccnc1)(C(C)C)C(C)C)C(C)C. The van der Waals surface area contributed by atoms with Crippen LogP contribution in [-0.4, -0.2) is 27.1 Å². The van der Waals surface area contributed by atoms with E-state index in [2.05, 4.69) is 65.4 Å². The second-order valence-corrected chi connectivity index (χ2v) is 17.5. The van der Waals surface area contributed by atoms with E-state index in [-0.39, 0.29) is 22.2 Å². The van der Waals surface area contributed by atoms with E-state index in [1.54, 1.807) is 24.8 Å². The first-order valence-electron chi connectivity index (χ1n) is 10.5. The van der Waals surface area contributed by atoms with Crippen molar-refractivity contribution in [1.82, 2.24) is 9.97 Å². The summed E-state index contributed by atoms with van der Waals surface area (Å²) in [6.07, 6.45) is 7.06. The van der Waals surface area contributed by atoms with E-state index in [0.717, 1.165) is 11.5 Å². The van der Waals surface area contributed by atoms with Gasteiger partial charge in [-0.05, 0) is 24.3 Å². The summed E-state index contributed by atoms with van der Waals surface area (Å²) in [5.41, 5.74) is 0.961. The van der Waals surface area contributed by atoms with Crippen LogP contribution < -0.4 is 8.85 Å². The highest BCUT2D eigenvalue weighted by molar-refractivity contribution is 6.84. The fraction of sp³-hybridized carbons (Fsp3) is 0.545. The highest BCUT2D eigenvalue weighted by Gasteiger charge is 2.58. The van der Waals surface area contributed by atoms with Crippen LogP contribution in [0.5, 0.6) is 11.5 Å². The van der Waals surface area contributed by atoms with Crippen molar-refractivity contribution in [3.8, 4) is 11.5 Å². The maximum Gasteiger partial charge on any atom is 0.396 e. The average molecular weight is 433 g/mol. The summed E-state index contributed by atoms with van der Waals surface area (Å²) in [7, 11) is -5.46. The molecule has 29 heavy (non-hydrogen) atoms. The molecule has 0 atom stereocenters. The van der Waals surface area contributed by atoms with Crippen molar-refractivity contribution in [2.24, 2.45) is 0 Å². The van der Waals surface area contributed by atoms with E-state index < -0.39 is 17.1 Å². The lowest BCUT2D eigenvalue weighted by Crippen LogP contribution is -2.64. The van der Waals surface area contributed by atoms with Crippen molar-refractivity contribution in [1.29, 1.82) is 0 Å². The second kappa shape index (κ2) is 9.87. The minimum Gasteiger partial charge on any atom is -0.519 e. The highest BCUT2D eigenvalue weighted by atomic mass is 28.5. The van der Waals surface area contributed by atoms with Crippen molar-refractivity contribution in [3.05, 3.63) is 49.1 Å². The molecule has 2 heterocycles. The smallest absolute Gasteiger partial charge is 0.396 e. The molecule has 0 saturated carbocycles. The van der Waals surface area contributed by atoms with E-state index >= 15 is 0 Å². The molecule has 0 N–H and O–H groups in total. The summed E-state index contributed by atoms with van der Waals surface area (Å²) in [5, 5.41) is 0. The molecule has 0 saturated heterocycles. The zero-order valence-electron chi connectivity index (χ0n) is 19.0. The topological polar surface area (TPSA) is 53.5 Å². The maximum absolute atomic E-state index is 7.26. The Kier molecular flexibility index (Phi) is 8.02. The van der Waals surface area contributed by atoms with E-state index in [1.165, 1.54) is 0 Å². The molecular formula is C22H36N2O3Si2. The molecule has 0 aromatic carbocycles. The van der Waals surface area contributed by atoms with Crippen molar-refractivity contribution in [2.45, 2.75) is 77.6 Å². The van der Waals surface area contributed by atoms with Gasteiger partial charge >= 0.3 is 17.1 Å². The molecule has 160 valence electrons. The van der Waals surface area contributed by atoms with Crippen molar-refractivity contribution < 1.29 is 13.0 Å². The first-order valence-corrected chi connectivity index (χ1v) is 14.5. The summed E-state index contributed by atoms with van der Waals surface area (Å²) in [5.74, 6) is 1.52. The fourth-order valence-corrected chi connectivity index (χ4v) is 14.4. The summed E-state index contributed by atoms with van der Waals surface area (Å²) >= 11 is 0. The highest BCUT2D eigenvalue weighted by Crippen LogP contribution is 2.44. The minimum atomic E-state index is -2.73. The summed E-state index contributed by atoms with van der Waals surface area (Å²) in [6, 6.07) is 7.71. The molecule has 0 aliphatic heterocycles. The van der Waals surface area contributed by atoms with Gasteiger partial charge in [0.25, 0.3) is 0 Å². The third-order valence-electron chi connectivity index (χ3n) is 5.36. The van der Waals surface area contributed by atoms with Gasteiger partial charge in [-0.15, -0.1) is 0 Å². The summed E-state index contributed by atoms with van der Waals surface area (Å²) in [4.78, 5) is 8.47. The summed E-state index contributed by atoms with van der Waals surface area (Å²) in [6.45, 7) is 17.6. The number of hydrogen-bond acceptors (Lipinski definition) is 5. The molecular weight excluding hydrogens is 396 g/mol. The Bertz CT molecular complexity index is 661. The molecule has 5 nitrogen and oxygen atoms in total. The number of nitrogens with zero attached hydrogens (tertiary/aromatic N) is 2. The van der Waals surface area contributed by atoms with Crippen LogP contribution in [0.4, 0.5) is 0 Å². The van der Waals surface area contributed by atoms with Crippen LogP contribution in [0, 0.1) is 0 Å². The molecule has 0 amide bonds. The monoisotopic (exact) mass is 432 g/mol. The van der Waals surface area contributed by atoms with Gasteiger partial charge in [0.1, 0.15) is 11.5 Å². The normalized spacial score (nSPS) is 12.8. The standard InChI is InChI=1S/C22H36N2O3Si2/c1-17(2)28(18(3)4,25-21-11-9-13-23-15-21)27-29(19(5)6,20(7)8)26-22-12-10-14-24-16-22/h9-20H,1-8H3. The second-order valence-electron chi connectivity index (χ2n) is 8.75. The third-order valence-corrected chi connectivity index (χ3v) is 15.5. The molecule has 0 bridgehead atoms.